The van der Waals surface area contributed by atoms with Gasteiger partial charge in [0.25, 0.3) is 0 Å². The smallest absolute Gasteiger partial charge is 0.190 e. The molecule has 0 bridgehead atoms. The minimum atomic E-state index is -0.126. The van der Waals surface area contributed by atoms with Crippen molar-refractivity contribution in [3.05, 3.63) is 35.9 Å². The quantitative estimate of drug-likeness (QED) is 0.512. The molecule has 0 fully saturated rings. The van der Waals surface area contributed by atoms with Crippen molar-refractivity contribution in [3.8, 4) is 0 Å². The van der Waals surface area contributed by atoms with Crippen LogP contribution in [0.3, 0.4) is 0 Å². The predicted octanol–water partition coefficient (Wildman–Crippen LogP) is 1.32. The summed E-state index contributed by atoms with van der Waals surface area (Å²) in [7, 11) is 0. The molecule has 1 aromatic rings. The summed E-state index contributed by atoms with van der Waals surface area (Å²) in [6, 6.07) is 1.60. The van der Waals surface area contributed by atoms with Gasteiger partial charge < -0.3 is 10.2 Å². The summed E-state index contributed by atoms with van der Waals surface area (Å²) in [4.78, 5) is 11.1. The highest BCUT2D eigenvalue weighted by molar-refractivity contribution is 6.04. The third kappa shape index (κ3) is 1.97. The lowest BCUT2D eigenvalue weighted by atomic mass is 10.2. The van der Waals surface area contributed by atoms with E-state index < -0.39 is 0 Å². The highest BCUT2D eigenvalue weighted by Crippen LogP contribution is 2.02. The van der Waals surface area contributed by atoms with Crippen LogP contribution < -0.4 is 5.73 Å². The minimum Gasteiger partial charge on any atom is -0.472 e. The summed E-state index contributed by atoms with van der Waals surface area (Å²) >= 11 is 0. The Hall–Kier alpha value is -1.51. The van der Waals surface area contributed by atoms with Gasteiger partial charge in [-0.25, -0.2) is 0 Å². The monoisotopic (exact) mass is 151 g/mol. The molecule has 1 aromatic heterocycles. The van der Waals surface area contributed by atoms with E-state index in [4.69, 9.17) is 10.2 Å². The molecule has 0 amide bonds. The number of carbonyl (C=O) groups is 1. The standard InChI is InChI=1S/C8H9NO2/c1-6(9)4-8(10)7-2-3-11-5-7/h2-5H,9H2,1H3/b6-4-. The molecule has 3 heteroatoms. The molecule has 0 aliphatic rings. The number of ketones is 1. The van der Waals surface area contributed by atoms with Crippen molar-refractivity contribution in [3.63, 3.8) is 0 Å². The van der Waals surface area contributed by atoms with Crippen molar-refractivity contribution in [2.45, 2.75) is 6.92 Å². The maximum atomic E-state index is 11.1. The summed E-state index contributed by atoms with van der Waals surface area (Å²) in [6.07, 6.45) is 4.21. The summed E-state index contributed by atoms with van der Waals surface area (Å²) in [5.41, 5.74) is 6.33. The van der Waals surface area contributed by atoms with Crippen molar-refractivity contribution in [1.29, 1.82) is 0 Å². The van der Waals surface area contributed by atoms with Crippen molar-refractivity contribution in [2.24, 2.45) is 5.73 Å². The molecule has 0 unspecified atom stereocenters. The Kier molecular flexibility index (Phi) is 2.11. The molecular formula is C8H9NO2. The van der Waals surface area contributed by atoms with Gasteiger partial charge in [-0.1, -0.05) is 0 Å². The Labute approximate surface area is 64.5 Å². The van der Waals surface area contributed by atoms with Gasteiger partial charge in [0, 0.05) is 11.8 Å². The second kappa shape index (κ2) is 3.05. The van der Waals surface area contributed by atoms with E-state index >= 15 is 0 Å². The van der Waals surface area contributed by atoms with Gasteiger partial charge >= 0.3 is 0 Å². The molecule has 0 spiro atoms. The lowest BCUT2D eigenvalue weighted by molar-refractivity contribution is 0.104. The normalized spacial score (nSPS) is 11.5. The molecule has 0 radical (unpaired) electrons. The van der Waals surface area contributed by atoms with Crippen LogP contribution in [0.25, 0.3) is 0 Å². The average molecular weight is 151 g/mol. The van der Waals surface area contributed by atoms with Gasteiger partial charge in [-0.15, -0.1) is 0 Å². The lowest BCUT2D eigenvalue weighted by Gasteiger charge is -1.88. The van der Waals surface area contributed by atoms with Crippen molar-refractivity contribution < 1.29 is 9.21 Å². The number of allylic oxidation sites excluding steroid dienone is 2. The van der Waals surface area contributed by atoms with Crippen LogP contribution in [0.2, 0.25) is 0 Å². The van der Waals surface area contributed by atoms with E-state index in [9.17, 15) is 4.79 Å². The molecule has 2 N–H and O–H groups in total. The molecule has 0 aliphatic carbocycles. The molecular weight excluding hydrogens is 142 g/mol. The topological polar surface area (TPSA) is 56.2 Å². The second-order valence-corrected chi connectivity index (χ2v) is 2.26. The molecule has 0 aromatic carbocycles. The highest BCUT2D eigenvalue weighted by atomic mass is 16.3. The molecule has 58 valence electrons. The molecule has 11 heavy (non-hydrogen) atoms. The van der Waals surface area contributed by atoms with Crippen LogP contribution in [0.15, 0.2) is 34.8 Å². The van der Waals surface area contributed by atoms with Crippen molar-refractivity contribution >= 4 is 5.78 Å². The largest absolute Gasteiger partial charge is 0.472 e. The summed E-state index contributed by atoms with van der Waals surface area (Å²) in [6.45, 7) is 1.66. The zero-order valence-electron chi connectivity index (χ0n) is 6.20. The predicted molar refractivity (Wildman–Crippen MR) is 41.0 cm³/mol. The molecule has 0 aliphatic heterocycles. The molecule has 1 rings (SSSR count). The minimum absolute atomic E-state index is 0.126. The number of rotatable bonds is 2. The molecule has 0 saturated carbocycles. The van der Waals surface area contributed by atoms with Gasteiger partial charge in [0.15, 0.2) is 5.78 Å². The van der Waals surface area contributed by atoms with E-state index in [1.807, 2.05) is 0 Å². The summed E-state index contributed by atoms with van der Waals surface area (Å²) in [5.74, 6) is -0.126. The van der Waals surface area contributed by atoms with Crippen molar-refractivity contribution in [1.82, 2.24) is 0 Å². The molecule has 1 heterocycles. The fourth-order valence-corrected chi connectivity index (χ4v) is 0.695. The second-order valence-electron chi connectivity index (χ2n) is 2.26. The highest BCUT2D eigenvalue weighted by Gasteiger charge is 2.02. The van der Waals surface area contributed by atoms with E-state index in [1.165, 1.54) is 18.6 Å². The first-order chi connectivity index (χ1) is 5.20. The van der Waals surface area contributed by atoms with Gasteiger partial charge in [-0.05, 0) is 13.0 Å². The van der Waals surface area contributed by atoms with Crippen LogP contribution in [0.1, 0.15) is 17.3 Å². The molecule has 0 saturated heterocycles. The first-order valence-corrected chi connectivity index (χ1v) is 3.20. The molecule has 0 atom stereocenters. The third-order valence-electron chi connectivity index (χ3n) is 1.16. The Morgan fingerprint density at radius 3 is 2.91 bits per heavy atom. The van der Waals surface area contributed by atoms with Crippen LogP contribution in [-0.2, 0) is 0 Å². The van der Waals surface area contributed by atoms with Crippen molar-refractivity contribution in [2.75, 3.05) is 0 Å². The Balaban J connectivity index is 2.80. The Bertz CT molecular complexity index is 268. The fraction of sp³-hybridized carbons (Fsp3) is 0.125. The Morgan fingerprint density at radius 2 is 2.45 bits per heavy atom. The first-order valence-electron chi connectivity index (χ1n) is 3.20. The number of hydrogen-bond donors (Lipinski definition) is 1. The first kappa shape index (κ1) is 7.60. The maximum Gasteiger partial charge on any atom is 0.190 e. The third-order valence-corrected chi connectivity index (χ3v) is 1.16. The van der Waals surface area contributed by atoms with E-state index in [0.717, 1.165) is 0 Å². The van der Waals surface area contributed by atoms with Crippen LogP contribution >= 0.6 is 0 Å². The average Bonchev–Trinajstić information content (AvgIpc) is 2.35. The molecule has 3 nitrogen and oxygen atoms in total. The van der Waals surface area contributed by atoms with Crippen LogP contribution in [0.4, 0.5) is 0 Å². The van der Waals surface area contributed by atoms with E-state index in [2.05, 4.69) is 0 Å². The number of carbonyl (C=O) groups excluding carboxylic acids is 1. The van der Waals surface area contributed by atoms with E-state index in [1.54, 1.807) is 13.0 Å². The van der Waals surface area contributed by atoms with Gasteiger partial charge in [-0.2, -0.15) is 0 Å². The fourth-order valence-electron chi connectivity index (χ4n) is 0.695. The maximum absolute atomic E-state index is 11.1. The lowest BCUT2D eigenvalue weighted by Crippen LogP contribution is -1.98. The zero-order chi connectivity index (χ0) is 8.27. The SMILES string of the molecule is C/C(N)=C/C(=O)c1ccoc1. The van der Waals surface area contributed by atoms with Gasteiger partial charge in [0.05, 0.1) is 11.8 Å². The summed E-state index contributed by atoms with van der Waals surface area (Å²) in [5, 5.41) is 0. The summed E-state index contributed by atoms with van der Waals surface area (Å²) < 4.78 is 4.73. The van der Waals surface area contributed by atoms with E-state index in [-0.39, 0.29) is 5.78 Å². The number of nitrogens with two attached hydrogens (primary N) is 1. The van der Waals surface area contributed by atoms with Gasteiger partial charge in [0.2, 0.25) is 0 Å². The number of hydrogen-bond acceptors (Lipinski definition) is 3. The van der Waals surface area contributed by atoms with Gasteiger partial charge in [-0.3, -0.25) is 4.79 Å². The van der Waals surface area contributed by atoms with E-state index in [0.29, 0.717) is 11.3 Å². The Morgan fingerprint density at radius 1 is 1.73 bits per heavy atom. The van der Waals surface area contributed by atoms with Crippen LogP contribution in [-0.4, -0.2) is 5.78 Å². The van der Waals surface area contributed by atoms with Crippen LogP contribution in [0.5, 0.6) is 0 Å². The number of furan rings is 1. The zero-order valence-corrected chi connectivity index (χ0v) is 6.20. The van der Waals surface area contributed by atoms with Crippen LogP contribution in [0, 0.1) is 0 Å². The van der Waals surface area contributed by atoms with Gasteiger partial charge in [0.1, 0.15) is 6.26 Å².